The van der Waals surface area contributed by atoms with E-state index in [4.69, 9.17) is 5.11 Å². The third kappa shape index (κ3) is 3.10. The standard InChI is InChI=1S/C15H16BrNO3/c1-10-12(15(19)20)8-9-17(10)14(18)7-6-11-4-2-3-5-13(11)16/h2-7,10,12H,8-9H2,1H3,(H,19,20). The number of hydrogen-bond acceptors (Lipinski definition) is 2. The Morgan fingerprint density at radius 1 is 1.40 bits per heavy atom. The number of likely N-dealkylation sites (tertiary alicyclic amines) is 1. The highest BCUT2D eigenvalue weighted by Crippen LogP contribution is 2.25. The minimum absolute atomic E-state index is 0.142. The fourth-order valence-electron chi connectivity index (χ4n) is 2.45. The molecule has 20 heavy (non-hydrogen) atoms. The zero-order valence-electron chi connectivity index (χ0n) is 11.1. The van der Waals surface area contributed by atoms with Gasteiger partial charge in [-0.3, -0.25) is 9.59 Å². The molecule has 1 saturated heterocycles. The number of aliphatic carboxylic acids is 1. The minimum Gasteiger partial charge on any atom is -0.481 e. The van der Waals surface area contributed by atoms with Crippen molar-refractivity contribution in [2.24, 2.45) is 5.92 Å². The van der Waals surface area contributed by atoms with E-state index in [0.29, 0.717) is 13.0 Å². The number of hydrogen-bond donors (Lipinski definition) is 1. The normalized spacial score (nSPS) is 22.4. The summed E-state index contributed by atoms with van der Waals surface area (Å²) in [6.07, 6.45) is 3.76. The number of rotatable bonds is 3. The number of carboxylic acids is 1. The van der Waals surface area contributed by atoms with E-state index in [9.17, 15) is 9.59 Å². The Kier molecular flexibility index (Phi) is 4.60. The lowest BCUT2D eigenvalue weighted by molar-refractivity contribution is -0.142. The summed E-state index contributed by atoms with van der Waals surface area (Å²) >= 11 is 3.42. The van der Waals surface area contributed by atoms with Crippen LogP contribution >= 0.6 is 15.9 Å². The predicted octanol–water partition coefficient (Wildman–Crippen LogP) is 2.78. The summed E-state index contributed by atoms with van der Waals surface area (Å²) in [6.45, 7) is 2.28. The van der Waals surface area contributed by atoms with Crippen LogP contribution in [0.4, 0.5) is 0 Å². The largest absolute Gasteiger partial charge is 0.481 e. The molecule has 1 aliphatic heterocycles. The van der Waals surface area contributed by atoms with Crippen LogP contribution in [-0.4, -0.2) is 34.5 Å². The summed E-state index contributed by atoms with van der Waals surface area (Å²) in [5.41, 5.74) is 0.919. The molecule has 5 heteroatoms. The molecule has 0 bridgehead atoms. The molecule has 2 unspecified atom stereocenters. The predicted molar refractivity (Wildman–Crippen MR) is 80.1 cm³/mol. The Bertz CT molecular complexity index is 556. The molecular weight excluding hydrogens is 322 g/mol. The second-order valence-electron chi connectivity index (χ2n) is 4.86. The first-order valence-corrected chi connectivity index (χ1v) is 7.26. The van der Waals surface area contributed by atoms with Crippen LogP contribution in [0.3, 0.4) is 0 Å². The van der Waals surface area contributed by atoms with Gasteiger partial charge >= 0.3 is 5.97 Å². The first kappa shape index (κ1) is 14.8. The van der Waals surface area contributed by atoms with Gasteiger partial charge in [-0.25, -0.2) is 0 Å². The van der Waals surface area contributed by atoms with Crippen molar-refractivity contribution in [1.82, 2.24) is 4.90 Å². The number of carbonyl (C=O) groups is 2. The second kappa shape index (κ2) is 6.22. The molecule has 0 radical (unpaired) electrons. The van der Waals surface area contributed by atoms with Crippen molar-refractivity contribution < 1.29 is 14.7 Å². The smallest absolute Gasteiger partial charge is 0.308 e. The van der Waals surface area contributed by atoms with E-state index < -0.39 is 11.9 Å². The number of amides is 1. The van der Waals surface area contributed by atoms with E-state index in [1.54, 1.807) is 17.9 Å². The molecule has 2 rings (SSSR count). The zero-order chi connectivity index (χ0) is 14.7. The lowest BCUT2D eigenvalue weighted by atomic mass is 10.0. The van der Waals surface area contributed by atoms with E-state index in [0.717, 1.165) is 10.0 Å². The van der Waals surface area contributed by atoms with Crippen LogP contribution in [0.25, 0.3) is 6.08 Å². The van der Waals surface area contributed by atoms with Crippen molar-refractivity contribution in [2.45, 2.75) is 19.4 Å². The first-order valence-electron chi connectivity index (χ1n) is 6.46. The molecule has 1 N–H and O–H groups in total. The van der Waals surface area contributed by atoms with E-state index in [-0.39, 0.29) is 11.9 Å². The molecule has 1 aromatic rings. The van der Waals surface area contributed by atoms with Gasteiger partial charge < -0.3 is 10.0 Å². The SMILES string of the molecule is CC1C(C(=O)O)CCN1C(=O)C=Cc1ccccc1Br. The van der Waals surface area contributed by atoms with E-state index >= 15 is 0 Å². The van der Waals surface area contributed by atoms with Gasteiger partial charge in [-0.05, 0) is 31.1 Å². The third-order valence-electron chi connectivity index (χ3n) is 3.67. The lowest BCUT2D eigenvalue weighted by Gasteiger charge is -2.21. The molecule has 1 amide bonds. The molecule has 2 atom stereocenters. The van der Waals surface area contributed by atoms with Crippen molar-refractivity contribution in [1.29, 1.82) is 0 Å². The summed E-state index contributed by atoms with van der Waals surface area (Å²) in [7, 11) is 0. The molecule has 1 heterocycles. The average molecular weight is 338 g/mol. The molecular formula is C15H16BrNO3. The quantitative estimate of drug-likeness (QED) is 0.863. The Morgan fingerprint density at radius 2 is 2.10 bits per heavy atom. The monoisotopic (exact) mass is 337 g/mol. The van der Waals surface area contributed by atoms with Gasteiger partial charge in [0.25, 0.3) is 0 Å². The van der Waals surface area contributed by atoms with Crippen LogP contribution in [0.1, 0.15) is 18.9 Å². The maximum absolute atomic E-state index is 12.1. The number of benzene rings is 1. The highest BCUT2D eigenvalue weighted by Gasteiger charge is 2.37. The van der Waals surface area contributed by atoms with Gasteiger partial charge in [0.05, 0.1) is 5.92 Å². The van der Waals surface area contributed by atoms with E-state index in [1.807, 2.05) is 24.3 Å². The summed E-state index contributed by atoms with van der Waals surface area (Å²) in [4.78, 5) is 24.8. The van der Waals surface area contributed by atoms with Crippen LogP contribution in [0, 0.1) is 5.92 Å². The fourth-order valence-corrected chi connectivity index (χ4v) is 2.86. The summed E-state index contributed by atoms with van der Waals surface area (Å²) in [5, 5.41) is 9.07. The van der Waals surface area contributed by atoms with Crippen LogP contribution in [0.5, 0.6) is 0 Å². The van der Waals surface area contributed by atoms with Crippen molar-refractivity contribution in [3.8, 4) is 0 Å². The number of carbonyl (C=O) groups excluding carboxylic acids is 1. The number of nitrogens with zero attached hydrogens (tertiary/aromatic N) is 1. The van der Waals surface area contributed by atoms with Crippen LogP contribution in [0.2, 0.25) is 0 Å². The van der Waals surface area contributed by atoms with Gasteiger partial charge in [-0.15, -0.1) is 0 Å². The topological polar surface area (TPSA) is 57.6 Å². The van der Waals surface area contributed by atoms with Crippen molar-refractivity contribution >= 4 is 33.9 Å². The van der Waals surface area contributed by atoms with Crippen LogP contribution in [-0.2, 0) is 9.59 Å². The van der Waals surface area contributed by atoms with E-state index in [1.165, 1.54) is 6.08 Å². The molecule has 1 aromatic carbocycles. The Hall–Kier alpha value is -1.62. The van der Waals surface area contributed by atoms with Gasteiger partial charge in [-0.2, -0.15) is 0 Å². The highest BCUT2D eigenvalue weighted by molar-refractivity contribution is 9.10. The maximum Gasteiger partial charge on any atom is 0.308 e. The Morgan fingerprint density at radius 3 is 2.70 bits per heavy atom. The van der Waals surface area contributed by atoms with Gasteiger partial charge in [0.1, 0.15) is 0 Å². The number of halogens is 1. The fraction of sp³-hybridized carbons (Fsp3) is 0.333. The molecule has 1 fully saturated rings. The molecule has 4 nitrogen and oxygen atoms in total. The molecule has 0 aliphatic carbocycles. The summed E-state index contributed by atoms with van der Waals surface area (Å²) in [5.74, 6) is -1.43. The Balaban J connectivity index is 2.06. The van der Waals surface area contributed by atoms with Crippen molar-refractivity contribution in [3.05, 3.63) is 40.4 Å². The van der Waals surface area contributed by atoms with E-state index in [2.05, 4.69) is 15.9 Å². The zero-order valence-corrected chi connectivity index (χ0v) is 12.7. The molecule has 0 spiro atoms. The Labute approximate surface area is 126 Å². The van der Waals surface area contributed by atoms with Crippen LogP contribution in [0.15, 0.2) is 34.8 Å². The molecule has 106 valence electrons. The van der Waals surface area contributed by atoms with Gasteiger partial charge in [0, 0.05) is 23.1 Å². The van der Waals surface area contributed by atoms with Crippen molar-refractivity contribution in [2.75, 3.05) is 6.54 Å². The average Bonchev–Trinajstić information content (AvgIpc) is 2.79. The van der Waals surface area contributed by atoms with Gasteiger partial charge in [0.15, 0.2) is 0 Å². The summed E-state index contributed by atoms with van der Waals surface area (Å²) < 4.78 is 0.918. The minimum atomic E-state index is -0.831. The first-order chi connectivity index (χ1) is 9.50. The highest BCUT2D eigenvalue weighted by atomic mass is 79.9. The summed E-state index contributed by atoms with van der Waals surface area (Å²) in [6, 6.07) is 7.35. The molecule has 1 aliphatic rings. The number of carboxylic acid groups (broad SMARTS) is 1. The second-order valence-corrected chi connectivity index (χ2v) is 5.71. The lowest BCUT2D eigenvalue weighted by Crippen LogP contribution is -2.36. The van der Waals surface area contributed by atoms with Gasteiger partial charge in [0.2, 0.25) is 5.91 Å². The third-order valence-corrected chi connectivity index (χ3v) is 4.39. The molecule has 0 aromatic heterocycles. The van der Waals surface area contributed by atoms with Gasteiger partial charge in [-0.1, -0.05) is 34.1 Å². The van der Waals surface area contributed by atoms with Crippen LogP contribution < -0.4 is 0 Å². The van der Waals surface area contributed by atoms with Crippen molar-refractivity contribution in [3.63, 3.8) is 0 Å². The maximum atomic E-state index is 12.1. The molecule has 0 saturated carbocycles.